The highest BCUT2D eigenvalue weighted by atomic mass is 35.5. The summed E-state index contributed by atoms with van der Waals surface area (Å²) in [4.78, 5) is 4.21. The monoisotopic (exact) mass is 248 g/mol. The first-order valence-electron chi connectivity index (χ1n) is 5.90. The second-order valence-electron chi connectivity index (χ2n) is 4.29. The van der Waals surface area contributed by atoms with E-state index in [0.29, 0.717) is 5.88 Å². The highest BCUT2D eigenvalue weighted by Crippen LogP contribution is 2.09. The molecule has 0 fully saturated rings. The van der Waals surface area contributed by atoms with Gasteiger partial charge in [0.1, 0.15) is 0 Å². The molecule has 0 bridgehead atoms. The van der Waals surface area contributed by atoms with Crippen molar-refractivity contribution in [2.45, 2.75) is 26.3 Å². The lowest BCUT2D eigenvalue weighted by Crippen LogP contribution is -2.03. The summed E-state index contributed by atoms with van der Waals surface area (Å²) < 4.78 is 2.19. The predicted molar refractivity (Wildman–Crippen MR) is 71.5 cm³/mol. The van der Waals surface area contributed by atoms with E-state index in [9.17, 15) is 0 Å². The lowest BCUT2D eigenvalue weighted by Gasteiger charge is -2.08. The molecule has 1 aromatic carbocycles. The fourth-order valence-corrected chi connectivity index (χ4v) is 1.97. The van der Waals surface area contributed by atoms with Gasteiger partial charge in [-0.15, -0.1) is 11.6 Å². The zero-order valence-corrected chi connectivity index (χ0v) is 10.8. The Bertz CT molecular complexity index is 459. The highest BCUT2D eigenvalue weighted by Gasteiger charge is 2.02. The molecule has 0 spiro atoms. The van der Waals surface area contributed by atoms with Crippen LogP contribution in [-0.4, -0.2) is 15.4 Å². The van der Waals surface area contributed by atoms with Gasteiger partial charge in [-0.1, -0.05) is 29.8 Å². The minimum Gasteiger partial charge on any atom is -0.330 e. The summed E-state index contributed by atoms with van der Waals surface area (Å²) in [6, 6.07) is 8.62. The van der Waals surface area contributed by atoms with Crippen LogP contribution in [-0.2, 0) is 13.0 Å². The summed E-state index contributed by atoms with van der Waals surface area (Å²) in [7, 11) is 0. The summed E-state index contributed by atoms with van der Waals surface area (Å²) in [5.74, 6) is 0.704. The van der Waals surface area contributed by atoms with Crippen molar-refractivity contribution >= 4 is 11.6 Å². The fourth-order valence-electron chi connectivity index (χ4n) is 1.84. The Morgan fingerprint density at radius 3 is 2.71 bits per heavy atom. The van der Waals surface area contributed by atoms with Crippen LogP contribution in [0, 0.1) is 6.92 Å². The van der Waals surface area contributed by atoms with Gasteiger partial charge in [0, 0.05) is 24.3 Å². The van der Waals surface area contributed by atoms with Gasteiger partial charge in [0.15, 0.2) is 0 Å². The van der Waals surface area contributed by atoms with Crippen LogP contribution in [0.15, 0.2) is 36.8 Å². The molecule has 1 aromatic heterocycles. The molecule has 0 amide bonds. The first-order chi connectivity index (χ1) is 8.29. The van der Waals surface area contributed by atoms with Crippen LogP contribution in [0.5, 0.6) is 0 Å². The minimum absolute atomic E-state index is 0.704. The average molecular weight is 249 g/mol. The molecule has 0 aliphatic rings. The molecule has 17 heavy (non-hydrogen) atoms. The van der Waals surface area contributed by atoms with E-state index in [0.717, 1.165) is 19.4 Å². The van der Waals surface area contributed by atoms with Gasteiger partial charge in [0.25, 0.3) is 0 Å². The molecule has 0 radical (unpaired) electrons. The Hall–Kier alpha value is -1.28. The normalized spacial score (nSPS) is 10.7. The van der Waals surface area contributed by atoms with Crippen molar-refractivity contribution < 1.29 is 0 Å². The number of alkyl halides is 1. The Balaban J connectivity index is 2.07. The summed E-state index contributed by atoms with van der Waals surface area (Å²) in [5, 5.41) is 0. The SMILES string of the molecule is Cc1ccc(Cn2cncc2CCCCl)cc1. The summed E-state index contributed by atoms with van der Waals surface area (Å²) in [5.41, 5.74) is 3.86. The number of imidazole rings is 1. The Labute approximate surface area is 107 Å². The molecule has 0 atom stereocenters. The second-order valence-corrected chi connectivity index (χ2v) is 4.67. The van der Waals surface area contributed by atoms with Crippen molar-refractivity contribution in [3.63, 3.8) is 0 Å². The van der Waals surface area contributed by atoms with E-state index in [1.807, 2.05) is 12.5 Å². The first-order valence-corrected chi connectivity index (χ1v) is 6.43. The van der Waals surface area contributed by atoms with E-state index < -0.39 is 0 Å². The number of benzene rings is 1. The lowest BCUT2D eigenvalue weighted by atomic mass is 10.1. The number of halogens is 1. The minimum atomic E-state index is 0.704. The zero-order valence-electron chi connectivity index (χ0n) is 10.1. The van der Waals surface area contributed by atoms with Gasteiger partial charge in [-0.25, -0.2) is 4.98 Å². The summed E-state index contributed by atoms with van der Waals surface area (Å²) in [6.45, 7) is 2.99. The molecule has 0 N–H and O–H groups in total. The van der Waals surface area contributed by atoms with E-state index in [1.54, 1.807) is 0 Å². The standard InChI is InChI=1S/C14H17ClN2/c1-12-4-6-13(7-5-12)10-17-11-16-9-14(17)3-2-8-15/h4-7,9,11H,2-3,8,10H2,1H3. The van der Waals surface area contributed by atoms with Crippen molar-refractivity contribution in [1.82, 2.24) is 9.55 Å². The van der Waals surface area contributed by atoms with Crippen molar-refractivity contribution in [3.05, 3.63) is 53.6 Å². The van der Waals surface area contributed by atoms with Gasteiger partial charge in [-0.3, -0.25) is 0 Å². The summed E-state index contributed by atoms with van der Waals surface area (Å²) in [6.07, 6.45) is 5.82. The van der Waals surface area contributed by atoms with Crippen molar-refractivity contribution in [2.75, 3.05) is 5.88 Å². The number of nitrogens with zero attached hydrogens (tertiary/aromatic N) is 2. The third kappa shape index (κ3) is 3.34. The van der Waals surface area contributed by atoms with Gasteiger partial charge < -0.3 is 4.57 Å². The molecular weight excluding hydrogens is 232 g/mol. The molecule has 90 valence electrons. The maximum atomic E-state index is 5.72. The molecule has 0 saturated carbocycles. The van der Waals surface area contributed by atoms with E-state index in [-0.39, 0.29) is 0 Å². The van der Waals surface area contributed by atoms with Crippen LogP contribution in [0.2, 0.25) is 0 Å². The van der Waals surface area contributed by atoms with E-state index in [4.69, 9.17) is 11.6 Å². The molecule has 0 aliphatic heterocycles. The van der Waals surface area contributed by atoms with Crippen LogP contribution >= 0.6 is 11.6 Å². The number of aromatic nitrogens is 2. The van der Waals surface area contributed by atoms with Crippen LogP contribution in [0.3, 0.4) is 0 Å². The Morgan fingerprint density at radius 2 is 2.00 bits per heavy atom. The molecule has 0 saturated heterocycles. The van der Waals surface area contributed by atoms with Crippen molar-refractivity contribution in [3.8, 4) is 0 Å². The zero-order chi connectivity index (χ0) is 12.1. The number of hydrogen-bond acceptors (Lipinski definition) is 1. The van der Waals surface area contributed by atoms with Crippen molar-refractivity contribution in [2.24, 2.45) is 0 Å². The van der Waals surface area contributed by atoms with Gasteiger partial charge in [0.05, 0.1) is 6.33 Å². The molecule has 2 nitrogen and oxygen atoms in total. The third-order valence-electron chi connectivity index (χ3n) is 2.84. The maximum absolute atomic E-state index is 5.72. The molecule has 3 heteroatoms. The molecule has 2 aromatic rings. The Morgan fingerprint density at radius 1 is 1.24 bits per heavy atom. The smallest absolute Gasteiger partial charge is 0.0951 e. The van der Waals surface area contributed by atoms with Gasteiger partial charge in [-0.2, -0.15) is 0 Å². The third-order valence-corrected chi connectivity index (χ3v) is 3.11. The molecule has 1 heterocycles. The van der Waals surface area contributed by atoms with E-state index in [2.05, 4.69) is 40.7 Å². The van der Waals surface area contributed by atoms with E-state index in [1.165, 1.54) is 16.8 Å². The molecule has 0 aliphatic carbocycles. The fraction of sp³-hybridized carbons (Fsp3) is 0.357. The number of rotatable bonds is 5. The van der Waals surface area contributed by atoms with Crippen LogP contribution in [0.4, 0.5) is 0 Å². The van der Waals surface area contributed by atoms with Crippen LogP contribution in [0.25, 0.3) is 0 Å². The number of aryl methyl sites for hydroxylation is 2. The molecule has 0 unspecified atom stereocenters. The molecule has 2 rings (SSSR count). The Kier molecular flexibility index (Phi) is 4.21. The maximum Gasteiger partial charge on any atom is 0.0951 e. The van der Waals surface area contributed by atoms with Gasteiger partial charge in [0.2, 0.25) is 0 Å². The van der Waals surface area contributed by atoms with Crippen LogP contribution < -0.4 is 0 Å². The van der Waals surface area contributed by atoms with Crippen molar-refractivity contribution in [1.29, 1.82) is 0 Å². The number of hydrogen-bond donors (Lipinski definition) is 0. The van der Waals surface area contributed by atoms with Gasteiger partial charge in [-0.05, 0) is 25.3 Å². The largest absolute Gasteiger partial charge is 0.330 e. The quantitative estimate of drug-likeness (QED) is 0.742. The molecular formula is C14H17ClN2. The summed E-state index contributed by atoms with van der Waals surface area (Å²) >= 11 is 5.72. The highest BCUT2D eigenvalue weighted by molar-refractivity contribution is 6.17. The predicted octanol–water partition coefficient (Wildman–Crippen LogP) is 3.41. The second kappa shape index (κ2) is 5.87. The lowest BCUT2D eigenvalue weighted by molar-refractivity contribution is 0.724. The van der Waals surface area contributed by atoms with Gasteiger partial charge >= 0.3 is 0 Å². The first kappa shape index (κ1) is 12.2. The van der Waals surface area contributed by atoms with Crippen LogP contribution in [0.1, 0.15) is 23.2 Å². The average Bonchev–Trinajstić information content (AvgIpc) is 2.77. The topological polar surface area (TPSA) is 17.8 Å². The van der Waals surface area contributed by atoms with E-state index >= 15 is 0 Å².